The maximum absolute atomic E-state index is 12.7. The van der Waals surface area contributed by atoms with Crippen LogP contribution in [0, 0.1) is 13.8 Å². The second-order valence-corrected chi connectivity index (χ2v) is 8.35. The van der Waals surface area contributed by atoms with E-state index in [1.165, 1.54) is 22.2 Å². The number of nitrogens with one attached hydrogen (secondary N) is 2. The normalized spacial score (nSPS) is 14.2. The largest absolute Gasteiger partial charge is 0.417 e. The number of hydrazine groups is 1. The zero-order valence-electron chi connectivity index (χ0n) is 18.1. The van der Waals surface area contributed by atoms with Crippen LogP contribution >= 0.6 is 11.3 Å². The van der Waals surface area contributed by atoms with Gasteiger partial charge in [-0.25, -0.2) is 14.6 Å². The van der Waals surface area contributed by atoms with Crippen molar-refractivity contribution in [2.45, 2.75) is 20.0 Å². The standard InChI is InChI=1S/C20H20F3N7O3S/c1-11-16(34-19(26-11)29-5-7-33-8-6-29)18(32)28-27-17(31)14-10-25-30(12(14)2)15-4-3-13(9-24-15)20(21,22)23/h3-4,9-10H,5-8H2,1-2H3,(H,27,31)(H,28,32). The summed E-state index contributed by atoms with van der Waals surface area (Å²) in [6, 6.07) is 2.04. The summed E-state index contributed by atoms with van der Waals surface area (Å²) in [7, 11) is 0. The lowest BCUT2D eigenvalue weighted by molar-refractivity contribution is -0.137. The van der Waals surface area contributed by atoms with Crippen molar-refractivity contribution in [1.82, 2.24) is 30.6 Å². The number of hydrogen-bond acceptors (Lipinski definition) is 8. The Labute approximate surface area is 195 Å². The Hall–Kier alpha value is -3.52. The number of carbonyl (C=O) groups excluding carboxylic acids is 2. The van der Waals surface area contributed by atoms with Crippen LogP contribution in [0.3, 0.4) is 0 Å². The molecule has 180 valence electrons. The number of anilines is 1. The average molecular weight is 495 g/mol. The molecule has 1 aliphatic heterocycles. The molecule has 0 aliphatic carbocycles. The Balaban J connectivity index is 1.41. The highest BCUT2D eigenvalue weighted by atomic mass is 32.1. The zero-order chi connectivity index (χ0) is 24.5. The number of halogens is 3. The van der Waals surface area contributed by atoms with E-state index in [1.54, 1.807) is 13.8 Å². The van der Waals surface area contributed by atoms with Crippen molar-refractivity contribution >= 4 is 28.3 Å². The number of alkyl halides is 3. The molecule has 1 aliphatic rings. The minimum absolute atomic E-state index is 0.115. The summed E-state index contributed by atoms with van der Waals surface area (Å²) in [5.41, 5.74) is 4.80. The fourth-order valence-corrected chi connectivity index (χ4v) is 4.28. The number of aryl methyl sites for hydroxylation is 1. The highest BCUT2D eigenvalue weighted by Crippen LogP contribution is 2.29. The quantitative estimate of drug-likeness (QED) is 0.534. The Kier molecular flexibility index (Phi) is 6.52. The number of amides is 2. The van der Waals surface area contributed by atoms with Crippen molar-refractivity contribution in [1.29, 1.82) is 0 Å². The molecule has 0 saturated carbocycles. The third-order valence-corrected chi connectivity index (χ3v) is 6.33. The molecule has 1 saturated heterocycles. The Morgan fingerprint density at radius 3 is 2.44 bits per heavy atom. The number of rotatable bonds is 4. The number of ether oxygens (including phenoxy) is 1. The molecule has 0 atom stereocenters. The Morgan fingerprint density at radius 1 is 1.09 bits per heavy atom. The van der Waals surface area contributed by atoms with Crippen molar-refractivity contribution in [3.8, 4) is 5.82 Å². The lowest BCUT2D eigenvalue weighted by atomic mass is 10.2. The van der Waals surface area contributed by atoms with Gasteiger partial charge in [0.1, 0.15) is 4.88 Å². The molecule has 10 nitrogen and oxygen atoms in total. The maximum Gasteiger partial charge on any atom is 0.417 e. The van der Waals surface area contributed by atoms with Gasteiger partial charge in [-0.05, 0) is 26.0 Å². The van der Waals surface area contributed by atoms with Gasteiger partial charge in [0.05, 0.1) is 41.9 Å². The van der Waals surface area contributed by atoms with Crippen LogP contribution in [0.5, 0.6) is 0 Å². The molecule has 4 heterocycles. The minimum Gasteiger partial charge on any atom is -0.378 e. The third kappa shape index (κ3) is 4.87. The van der Waals surface area contributed by atoms with Gasteiger partial charge >= 0.3 is 6.18 Å². The molecule has 2 N–H and O–H groups in total. The van der Waals surface area contributed by atoms with Crippen molar-refractivity contribution in [3.63, 3.8) is 0 Å². The molecular weight excluding hydrogens is 475 g/mol. The van der Waals surface area contributed by atoms with E-state index in [4.69, 9.17) is 4.74 Å². The summed E-state index contributed by atoms with van der Waals surface area (Å²) in [6.45, 7) is 5.81. The third-order valence-electron chi connectivity index (χ3n) is 5.11. The number of pyridine rings is 1. The lowest BCUT2D eigenvalue weighted by Crippen LogP contribution is -2.41. The molecule has 3 aromatic rings. The molecule has 0 unspecified atom stereocenters. The van der Waals surface area contributed by atoms with E-state index in [9.17, 15) is 22.8 Å². The molecule has 0 radical (unpaired) electrons. The number of carbonyl (C=O) groups is 2. The van der Waals surface area contributed by atoms with Crippen molar-refractivity contribution < 1.29 is 27.5 Å². The van der Waals surface area contributed by atoms with E-state index >= 15 is 0 Å². The number of thiazole rings is 1. The van der Waals surface area contributed by atoms with E-state index in [-0.39, 0.29) is 11.4 Å². The predicted octanol–water partition coefficient (Wildman–Crippen LogP) is 2.27. The molecular formula is C20H20F3N7O3S. The topological polar surface area (TPSA) is 114 Å². The van der Waals surface area contributed by atoms with Gasteiger partial charge in [0.25, 0.3) is 11.8 Å². The monoisotopic (exact) mass is 495 g/mol. The summed E-state index contributed by atoms with van der Waals surface area (Å²) in [4.78, 5) is 35.8. The van der Waals surface area contributed by atoms with E-state index in [0.717, 1.165) is 12.1 Å². The van der Waals surface area contributed by atoms with Crippen LogP contribution < -0.4 is 15.8 Å². The van der Waals surface area contributed by atoms with E-state index in [0.29, 0.717) is 53.9 Å². The zero-order valence-corrected chi connectivity index (χ0v) is 19.0. The van der Waals surface area contributed by atoms with E-state index < -0.39 is 23.6 Å². The summed E-state index contributed by atoms with van der Waals surface area (Å²) in [5.74, 6) is -1.04. The number of hydrogen-bond donors (Lipinski definition) is 2. The molecule has 1 fully saturated rings. The summed E-state index contributed by atoms with van der Waals surface area (Å²) in [6.07, 6.45) is -2.57. The smallest absolute Gasteiger partial charge is 0.378 e. The fraction of sp³-hybridized carbons (Fsp3) is 0.350. The molecule has 3 aromatic heterocycles. The van der Waals surface area contributed by atoms with Crippen LogP contribution in [0.1, 0.15) is 37.0 Å². The number of nitrogens with zero attached hydrogens (tertiary/aromatic N) is 5. The van der Waals surface area contributed by atoms with Gasteiger partial charge in [-0.3, -0.25) is 20.4 Å². The Bertz CT molecular complexity index is 1200. The van der Waals surface area contributed by atoms with Crippen LogP contribution in [0.4, 0.5) is 18.3 Å². The van der Waals surface area contributed by atoms with Gasteiger partial charge < -0.3 is 9.64 Å². The summed E-state index contributed by atoms with van der Waals surface area (Å²) < 4.78 is 44.8. The molecule has 14 heteroatoms. The minimum atomic E-state index is -4.51. The highest BCUT2D eigenvalue weighted by Gasteiger charge is 2.31. The fourth-order valence-electron chi connectivity index (χ4n) is 3.26. The van der Waals surface area contributed by atoms with Gasteiger partial charge in [0.2, 0.25) is 0 Å². The van der Waals surface area contributed by atoms with Crippen LogP contribution in [0.15, 0.2) is 24.5 Å². The highest BCUT2D eigenvalue weighted by molar-refractivity contribution is 7.17. The molecule has 0 aromatic carbocycles. The van der Waals surface area contributed by atoms with Crippen molar-refractivity contribution in [2.24, 2.45) is 0 Å². The first-order valence-corrected chi connectivity index (χ1v) is 11.0. The van der Waals surface area contributed by atoms with Crippen LogP contribution in [-0.2, 0) is 10.9 Å². The van der Waals surface area contributed by atoms with Gasteiger partial charge in [0, 0.05) is 19.3 Å². The van der Waals surface area contributed by atoms with Gasteiger partial charge in [-0.2, -0.15) is 18.3 Å². The lowest BCUT2D eigenvalue weighted by Gasteiger charge is -2.25. The second-order valence-electron chi connectivity index (χ2n) is 7.38. The SMILES string of the molecule is Cc1nc(N2CCOCC2)sc1C(=O)NNC(=O)c1cnn(-c2ccc(C(F)(F)F)cn2)c1C. The molecule has 0 bridgehead atoms. The molecule has 0 spiro atoms. The van der Waals surface area contributed by atoms with E-state index in [1.807, 2.05) is 4.90 Å². The first-order valence-electron chi connectivity index (χ1n) is 10.1. The van der Waals surface area contributed by atoms with Crippen LogP contribution in [0.25, 0.3) is 5.82 Å². The van der Waals surface area contributed by atoms with Gasteiger partial charge in [0.15, 0.2) is 10.9 Å². The molecule has 4 rings (SSSR count). The van der Waals surface area contributed by atoms with Crippen molar-refractivity contribution in [3.05, 3.63) is 51.9 Å². The van der Waals surface area contributed by atoms with E-state index in [2.05, 4.69) is 25.9 Å². The maximum atomic E-state index is 12.7. The number of aromatic nitrogens is 4. The average Bonchev–Trinajstić information content (AvgIpc) is 3.40. The van der Waals surface area contributed by atoms with Gasteiger partial charge in [-0.15, -0.1) is 0 Å². The van der Waals surface area contributed by atoms with Crippen LogP contribution in [0.2, 0.25) is 0 Å². The first-order chi connectivity index (χ1) is 16.1. The van der Waals surface area contributed by atoms with Crippen LogP contribution in [-0.4, -0.2) is 57.9 Å². The summed E-state index contributed by atoms with van der Waals surface area (Å²) >= 11 is 1.22. The predicted molar refractivity (Wildman–Crippen MR) is 116 cm³/mol. The first kappa shape index (κ1) is 23.6. The second kappa shape index (κ2) is 9.38. The molecule has 2 amide bonds. The van der Waals surface area contributed by atoms with Crippen molar-refractivity contribution in [2.75, 3.05) is 31.2 Å². The number of morpholine rings is 1. The molecule has 34 heavy (non-hydrogen) atoms. The summed E-state index contributed by atoms with van der Waals surface area (Å²) in [5, 5.41) is 4.74. The Morgan fingerprint density at radius 2 is 1.79 bits per heavy atom. The van der Waals surface area contributed by atoms with Gasteiger partial charge in [-0.1, -0.05) is 11.3 Å².